The van der Waals surface area contributed by atoms with Gasteiger partial charge in [0.1, 0.15) is 48.3 Å². The van der Waals surface area contributed by atoms with E-state index in [1.165, 1.54) is 4.90 Å². The first kappa shape index (κ1) is 86.0. The fourth-order valence-corrected chi connectivity index (χ4v) is 10.8. The molecule has 18 N–H and O–H groups in total. The highest BCUT2D eigenvalue weighted by molar-refractivity contribution is 6.03. The van der Waals surface area contributed by atoms with Crippen LogP contribution < -0.4 is 69.1 Å². The number of azide groups is 1. The molecule has 4 aromatic rings. The zero-order valence-corrected chi connectivity index (χ0v) is 58.6. The van der Waals surface area contributed by atoms with Crippen molar-refractivity contribution in [3.05, 3.63) is 147 Å². The Morgan fingerprint density at radius 2 is 0.826 bits per heavy atom. The minimum Gasteiger partial charge on any atom is -0.481 e. The lowest BCUT2D eigenvalue weighted by molar-refractivity contribution is -0.144. The standard InChI is InChI=1S/C70H82N16O23/c1-38-26-41-18-8-9-19-42(41)37-86(52-22-11-10-20-43(38)52)57(91)24-23-53(87)77-48(30-59(94)95)67(106)82-47(29-58(92)93)64(103)75-35-55(89)73-34-54(88)74-36-56(90)78-49(31-60(96)97)68(107)83-51(33-62(100)101)70(109)84-50(32-61(98)99)69(108)81-46(28-40-16-6-3-7-17-40)66(105)80-45(27-39-14-4-2-5-15-39)65(104)79-44(63(71)102)21-12-13-25-76-85-72/h2-11,14-20,22,26,44-51H,12-13,21,23-25,27-37H2,1H3,(H2,71,102)(H,73,89)(H,74,88)(H,75,103)(H,77,87)(H,78,90)(H,79,104)(H,80,105)(H,81,108)(H,82,106)(H,83,107)(H,84,109)(H,92,93)(H,94,95)(H,96,97)(H,98,99)(H,100,101)/b38-26-/t44-,45-,46-,47-,48-,49-,50-,51-/m0/s1. The summed E-state index contributed by atoms with van der Waals surface area (Å²) in [7, 11) is 0. The topological polar surface area (TPSA) is 619 Å². The molecule has 109 heavy (non-hydrogen) atoms. The van der Waals surface area contributed by atoms with Gasteiger partial charge < -0.3 is 94.7 Å². The molecule has 1 aliphatic heterocycles. The molecule has 0 spiro atoms. The second kappa shape index (κ2) is 43.6. The first-order valence-electron chi connectivity index (χ1n) is 33.7. The van der Waals surface area contributed by atoms with Crippen molar-refractivity contribution < 1.29 is 112 Å². The summed E-state index contributed by atoms with van der Waals surface area (Å²) in [6.45, 7) is -0.942. The number of fused-ring (bicyclic) bond motifs is 2. The van der Waals surface area contributed by atoms with Crippen LogP contribution in [0.15, 0.2) is 114 Å². The van der Waals surface area contributed by atoms with Crippen LogP contribution in [0.1, 0.15) is 98.9 Å². The van der Waals surface area contributed by atoms with Gasteiger partial charge in [-0.25, -0.2) is 0 Å². The number of para-hydroxylation sites is 1. The molecule has 4 aromatic carbocycles. The molecule has 13 amide bonds. The summed E-state index contributed by atoms with van der Waals surface area (Å²) in [5.41, 5.74) is 18.9. The predicted molar refractivity (Wildman–Crippen MR) is 380 cm³/mol. The molecule has 0 bridgehead atoms. The number of benzene rings is 4. The van der Waals surface area contributed by atoms with Crippen molar-refractivity contribution in [3.63, 3.8) is 0 Å². The van der Waals surface area contributed by atoms with Gasteiger partial charge in [-0.05, 0) is 59.2 Å². The maximum absolute atomic E-state index is 14.4. The summed E-state index contributed by atoms with van der Waals surface area (Å²) in [6.07, 6.45) is -5.00. The Kier molecular flexibility index (Phi) is 34.4. The normalized spacial score (nSPS) is 13.9. The largest absolute Gasteiger partial charge is 0.481 e. The number of carboxylic acids is 5. The summed E-state index contributed by atoms with van der Waals surface area (Å²) in [6, 6.07) is 15.5. The van der Waals surface area contributed by atoms with E-state index in [1.54, 1.807) is 84.9 Å². The van der Waals surface area contributed by atoms with Gasteiger partial charge in [0.05, 0.1) is 64.0 Å². The highest BCUT2D eigenvalue weighted by Gasteiger charge is 2.37. The molecule has 0 aliphatic carbocycles. The number of allylic oxidation sites excluding steroid dienone is 1. The van der Waals surface area contributed by atoms with Crippen molar-refractivity contribution in [2.24, 2.45) is 10.8 Å². The minimum absolute atomic E-state index is 0.00821. The van der Waals surface area contributed by atoms with Crippen molar-refractivity contribution in [3.8, 4) is 0 Å². The monoisotopic (exact) mass is 1510 g/mol. The zero-order chi connectivity index (χ0) is 80.3. The van der Waals surface area contributed by atoms with Crippen LogP contribution >= 0.6 is 0 Å². The molecule has 0 saturated carbocycles. The van der Waals surface area contributed by atoms with E-state index in [9.17, 15) is 112 Å². The molecular formula is C70H82N16O23. The summed E-state index contributed by atoms with van der Waals surface area (Å²) < 4.78 is 0. The number of nitrogens with two attached hydrogens (primary N) is 1. The van der Waals surface area contributed by atoms with Gasteiger partial charge in [-0.1, -0.05) is 121 Å². The lowest BCUT2D eigenvalue weighted by atomic mass is 9.96. The smallest absolute Gasteiger partial charge is 0.305 e. The van der Waals surface area contributed by atoms with Gasteiger partial charge in [-0.15, -0.1) is 0 Å². The van der Waals surface area contributed by atoms with E-state index in [4.69, 9.17) is 11.3 Å². The summed E-state index contributed by atoms with van der Waals surface area (Å²) in [5, 5.41) is 75.6. The Bertz CT molecular complexity index is 4130. The van der Waals surface area contributed by atoms with E-state index in [-0.39, 0.29) is 38.8 Å². The number of carbonyl (C=O) groups excluding carboxylic acids is 13. The molecule has 1 aliphatic rings. The van der Waals surface area contributed by atoms with Crippen LogP contribution in [-0.2, 0) is 106 Å². The van der Waals surface area contributed by atoms with Crippen LogP contribution in [0.5, 0.6) is 0 Å². The quantitative estimate of drug-likeness (QED) is 0.00978. The van der Waals surface area contributed by atoms with Crippen LogP contribution in [0.3, 0.4) is 0 Å². The van der Waals surface area contributed by atoms with Crippen LogP contribution in [0.25, 0.3) is 22.1 Å². The molecule has 5 rings (SSSR count). The van der Waals surface area contributed by atoms with Gasteiger partial charge in [-0.3, -0.25) is 86.3 Å². The molecule has 0 aromatic heterocycles. The number of aliphatic carboxylic acids is 5. The van der Waals surface area contributed by atoms with Crippen molar-refractivity contribution in [1.29, 1.82) is 0 Å². The fourth-order valence-electron chi connectivity index (χ4n) is 10.8. The molecular weight excluding hydrogens is 1430 g/mol. The number of rotatable bonds is 44. The third-order valence-electron chi connectivity index (χ3n) is 16.2. The Morgan fingerprint density at radius 3 is 1.29 bits per heavy atom. The molecule has 580 valence electrons. The zero-order valence-electron chi connectivity index (χ0n) is 58.6. The third-order valence-corrected chi connectivity index (χ3v) is 16.2. The molecule has 39 nitrogen and oxygen atoms in total. The molecule has 39 heteroatoms. The Hall–Kier alpha value is -13.6. The van der Waals surface area contributed by atoms with E-state index < -0.39 is 220 Å². The number of carboxylic acid groups (broad SMARTS) is 5. The molecule has 0 fully saturated rings. The van der Waals surface area contributed by atoms with Crippen LogP contribution in [0, 0.1) is 0 Å². The average molecular weight is 1520 g/mol. The van der Waals surface area contributed by atoms with Gasteiger partial charge >= 0.3 is 29.8 Å². The number of unbranched alkanes of at least 4 members (excludes halogenated alkanes) is 1. The van der Waals surface area contributed by atoms with Crippen molar-refractivity contribution >= 4 is 124 Å². The summed E-state index contributed by atoms with van der Waals surface area (Å²) in [4.78, 5) is 239. The van der Waals surface area contributed by atoms with Crippen molar-refractivity contribution in [1.82, 2.24) is 58.5 Å². The summed E-state index contributed by atoms with van der Waals surface area (Å²) >= 11 is 0. The molecule has 0 radical (unpaired) electrons. The number of hydrogen-bond donors (Lipinski definition) is 17. The lowest BCUT2D eigenvalue weighted by Gasteiger charge is -2.28. The number of carbonyl (C=O) groups is 18. The predicted octanol–water partition coefficient (Wildman–Crippen LogP) is -2.07. The Morgan fingerprint density at radius 1 is 0.440 bits per heavy atom. The lowest BCUT2D eigenvalue weighted by Crippen LogP contribution is -2.60. The van der Waals surface area contributed by atoms with Gasteiger partial charge in [0.2, 0.25) is 76.8 Å². The van der Waals surface area contributed by atoms with E-state index in [1.807, 2.05) is 74.5 Å². The first-order valence-corrected chi connectivity index (χ1v) is 33.7. The van der Waals surface area contributed by atoms with Crippen molar-refractivity contribution in [2.45, 2.75) is 139 Å². The number of amides is 13. The van der Waals surface area contributed by atoms with E-state index in [0.717, 1.165) is 22.3 Å². The number of nitrogens with one attached hydrogen (secondary N) is 11. The maximum atomic E-state index is 14.4. The second-order valence-electron chi connectivity index (χ2n) is 24.6. The van der Waals surface area contributed by atoms with Gasteiger partial charge in [0.15, 0.2) is 0 Å². The highest BCUT2D eigenvalue weighted by atomic mass is 16.4. The molecule has 0 saturated heterocycles. The van der Waals surface area contributed by atoms with Crippen molar-refractivity contribution in [2.75, 3.05) is 31.1 Å². The average Bonchev–Trinajstić information content (AvgIpc) is 0.808. The van der Waals surface area contributed by atoms with Crippen LogP contribution in [-0.4, -0.2) is 207 Å². The second-order valence-corrected chi connectivity index (χ2v) is 24.6. The van der Waals surface area contributed by atoms with Crippen LogP contribution in [0.4, 0.5) is 5.69 Å². The van der Waals surface area contributed by atoms with Crippen LogP contribution in [0.2, 0.25) is 0 Å². The van der Waals surface area contributed by atoms with Gasteiger partial charge in [-0.2, -0.15) is 0 Å². The molecule has 1 heterocycles. The SMILES string of the molecule is C/C1=C/c2ccccc2CN(C(=O)CCC(=O)N[C@@H](CC(=O)O)C(=O)N[C@@H](CC(=O)O)C(=O)NCC(=O)NCC(=O)NCC(=O)N[C@@H](CC(=O)O)C(=O)N[C@@H](CC(=O)O)C(=O)N[C@@H](CC(=O)O)C(=O)N[C@@H](Cc2ccccc2)C(=O)N[C@@H](Cc2ccccc2)C(=O)N[C@@H](CCCCN=[N+]=[N-])C(N)=O)c2ccccc21. The number of primary amides is 1. The molecule has 8 atom stereocenters. The number of hydrogen-bond acceptors (Lipinski definition) is 19. The number of anilines is 1. The Labute approximate surface area is 620 Å². The minimum atomic E-state index is -2.28. The summed E-state index contributed by atoms with van der Waals surface area (Å²) in [5.74, 6) is -23.7. The first-order chi connectivity index (χ1) is 51.8. The van der Waals surface area contributed by atoms with Gasteiger partial charge in [0, 0.05) is 42.7 Å². The molecule has 0 unspecified atom stereocenters. The van der Waals surface area contributed by atoms with E-state index in [2.05, 4.69) is 31.3 Å². The van der Waals surface area contributed by atoms with Gasteiger partial charge in [0.25, 0.3) is 0 Å². The van der Waals surface area contributed by atoms with E-state index >= 15 is 0 Å². The fraction of sp³-hybridized carbons (Fsp3) is 0.371. The third kappa shape index (κ3) is 30.2. The van der Waals surface area contributed by atoms with E-state index in [0.29, 0.717) is 23.2 Å². The maximum Gasteiger partial charge on any atom is 0.305 e. The highest BCUT2D eigenvalue weighted by Crippen LogP contribution is 2.34. The Balaban J connectivity index is 1.17. The number of nitrogens with zero attached hydrogens (tertiary/aromatic N) is 4.